The average Bonchev–Trinajstić information content (AvgIpc) is 2.68. The molecule has 26 heavy (non-hydrogen) atoms. The third-order valence-electron chi connectivity index (χ3n) is 3.77. The molecule has 0 spiro atoms. The van der Waals surface area contributed by atoms with Gasteiger partial charge in [0.25, 0.3) is 0 Å². The molecule has 6 heteroatoms. The minimum atomic E-state index is -2.37. The van der Waals surface area contributed by atoms with E-state index in [9.17, 15) is 26.3 Å². The Morgan fingerprint density at radius 3 is 0.731 bits per heavy atom. The van der Waals surface area contributed by atoms with Crippen LogP contribution in [0, 0.1) is 34.9 Å². The highest BCUT2D eigenvalue weighted by Crippen LogP contribution is 2.22. The van der Waals surface area contributed by atoms with Crippen molar-refractivity contribution in [3.8, 4) is 0 Å². The molecule has 0 bridgehead atoms. The van der Waals surface area contributed by atoms with Crippen molar-refractivity contribution in [2.45, 2.75) is 0 Å². The van der Waals surface area contributed by atoms with Gasteiger partial charge in [-0.25, -0.2) is 26.3 Å². The van der Waals surface area contributed by atoms with E-state index in [2.05, 4.69) is 60.7 Å². The molecule has 4 aromatic carbocycles. The summed E-state index contributed by atoms with van der Waals surface area (Å²) >= 11 is 0. The fourth-order valence-corrected chi connectivity index (χ4v) is 2.46. The van der Waals surface area contributed by atoms with Gasteiger partial charge in [-0.2, -0.15) is 0 Å². The summed E-state index contributed by atoms with van der Waals surface area (Å²) in [6, 6.07) is 21.4. The summed E-state index contributed by atoms with van der Waals surface area (Å²) in [6.45, 7) is 0. The first-order valence-corrected chi connectivity index (χ1v) is 7.44. The minimum absolute atomic E-state index is 1.31. The zero-order chi connectivity index (χ0) is 18.8. The Morgan fingerprint density at radius 1 is 0.346 bits per heavy atom. The van der Waals surface area contributed by atoms with E-state index in [1.54, 1.807) is 0 Å². The molecule has 0 amide bonds. The summed E-state index contributed by atoms with van der Waals surface area (Å²) in [5.74, 6) is -14.2. The van der Waals surface area contributed by atoms with E-state index in [0.717, 1.165) is 0 Å². The van der Waals surface area contributed by atoms with Crippen molar-refractivity contribution < 1.29 is 26.3 Å². The van der Waals surface area contributed by atoms with Gasteiger partial charge in [-0.1, -0.05) is 48.5 Å². The molecule has 0 aromatic heterocycles. The Kier molecular flexibility index (Phi) is 4.84. The van der Waals surface area contributed by atoms with Crippen molar-refractivity contribution in [3.63, 3.8) is 0 Å². The normalized spacial score (nSPS) is 10.7. The van der Waals surface area contributed by atoms with Crippen LogP contribution in [0.25, 0.3) is 21.5 Å². The van der Waals surface area contributed by atoms with E-state index in [1.807, 2.05) is 0 Å². The summed E-state index contributed by atoms with van der Waals surface area (Å²) < 4.78 is 72.2. The molecule has 0 atom stereocenters. The average molecular weight is 364 g/mol. The van der Waals surface area contributed by atoms with Crippen LogP contribution in [0.1, 0.15) is 0 Å². The maximum absolute atomic E-state index is 12.0. The monoisotopic (exact) mass is 364 g/mol. The quantitative estimate of drug-likeness (QED) is 0.144. The summed E-state index contributed by atoms with van der Waals surface area (Å²) in [6.07, 6.45) is 0. The predicted octanol–water partition coefficient (Wildman–Crippen LogP) is 6.51. The van der Waals surface area contributed by atoms with E-state index in [-0.39, 0.29) is 0 Å². The van der Waals surface area contributed by atoms with Crippen molar-refractivity contribution in [1.82, 2.24) is 0 Å². The second-order valence-corrected chi connectivity index (χ2v) is 5.43. The largest absolute Gasteiger partial charge is 0.200 e. The van der Waals surface area contributed by atoms with E-state index in [4.69, 9.17) is 0 Å². The standard InChI is InChI=1S/C14H10.C6F6/c1-2-6-12-10-14-8-4-3-7-13(14)9-11(12)5-1;7-1-2(8)4(10)6(12)5(11)3(1)9/h1-10H;. The number of rotatable bonds is 0. The smallest absolute Gasteiger partial charge is 0.200 e. The van der Waals surface area contributed by atoms with Gasteiger partial charge in [0.2, 0.25) is 34.9 Å². The Morgan fingerprint density at radius 2 is 0.538 bits per heavy atom. The van der Waals surface area contributed by atoms with E-state index < -0.39 is 34.9 Å². The molecule has 0 nitrogen and oxygen atoms in total. The second kappa shape index (κ2) is 7.07. The van der Waals surface area contributed by atoms with Crippen LogP contribution in [-0.2, 0) is 0 Å². The van der Waals surface area contributed by atoms with Crippen LogP contribution in [0.3, 0.4) is 0 Å². The number of fused-ring (bicyclic) bond motifs is 2. The zero-order valence-electron chi connectivity index (χ0n) is 13.0. The van der Waals surface area contributed by atoms with E-state index >= 15 is 0 Å². The van der Waals surface area contributed by atoms with Gasteiger partial charge >= 0.3 is 0 Å². The molecule has 0 unspecified atom stereocenters. The highest BCUT2D eigenvalue weighted by molar-refractivity contribution is 5.98. The lowest BCUT2D eigenvalue weighted by Gasteiger charge is -2.00. The molecule has 0 saturated heterocycles. The molecule has 0 heterocycles. The van der Waals surface area contributed by atoms with Gasteiger partial charge in [-0.05, 0) is 33.7 Å². The number of hydrogen-bond acceptors (Lipinski definition) is 0. The minimum Gasteiger partial charge on any atom is -0.200 e. The molecule has 0 aliphatic rings. The van der Waals surface area contributed by atoms with Crippen molar-refractivity contribution >= 4 is 21.5 Å². The van der Waals surface area contributed by atoms with Gasteiger partial charge in [0.1, 0.15) is 0 Å². The van der Waals surface area contributed by atoms with Crippen molar-refractivity contribution in [1.29, 1.82) is 0 Å². The highest BCUT2D eigenvalue weighted by atomic mass is 19.2. The maximum atomic E-state index is 12.0. The molecule has 0 aliphatic heterocycles. The summed E-state index contributed by atoms with van der Waals surface area (Å²) in [5.41, 5.74) is 0. The lowest BCUT2D eigenvalue weighted by molar-refractivity contribution is 0.334. The van der Waals surface area contributed by atoms with Crippen molar-refractivity contribution in [3.05, 3.63) is 95.6 Å². The van der Waals surface area contributed by atoms with Crippen LogP contribution in [0.15, 0.2) is 60.7 Å². The van der Waals surface area contributed by atoms with Crippen LogP contribution in [-0.4, -0.2) is 0 Å². The molecule has 0 fully saturated rings. The number of benzene rings is 4. The Hall–Kier alpha value is -3.02. The molecular weight excluding hydrogens is 354 g/mol. The molecule has 0 N–H and O–H groups in total. The first kappa shape index (κ1) is 17.8. The molecule has 4 aromatic rings. The first-order valence-electron chi connectivity index (χ1n) is 7.44. The maximum Gasteiger partial charge on any atom is 0.200 e. The topological polar surface area (TPSA) is 0 Å². The van der Waals surface area contributed by atoms with Crippen LogP contribution in [0.5, 0.6) is 0 Å². The van der Waals surface area contributed by atoms with Crippen LogP contribution in [0.2, 0.25) is 0 Å². The Balaban J connectivity index is 0.000000153. The zero-order valence-corrected chi connectivity index (χ0v) is 13.0. The van der Waals surface area contributed by atoms with Gasteiger partial charge < -0.3 is 0 Å². The fraction of sp³-hybridized carbons (Fsp3) is 0. The number of hydrogen-bond donors (Lipinski definition) is 0. The highest BCUT2D eigenvalue weighted by Gasteiger charge is 2.25. The van der Waals surface area contributed by atoms with Gasteiger partial charge in [-0.15, -0.1) is 0 Å². The Bertz CT molecular complexity index is 894. The summed E-state index contributed by atoms with van der Waals surface area (Å²) in [4.78, 5) is 0. The summed E-state index contributed by atoms with van der Waals surface area (Å²) in [5, 5.41) is 5.25. The summed E-state index contributed by atoms with van der Waals surface area (Å²) in [7, 11) is 0. The molecule has 4 rings (SSSR count). The van der Waals surface area contributed by atoms with Crippen LogP contribution >= 0.6 is 0 Å². The van der Waals surface area contributed by atoms with Crippen LogP contribution < -0.4 is 0 Å². The van der Waals surface area contributed by atoms with Gasteiger partial charge in [0.05, 0.1) is 0 Å². The predicted molar refractivity (Wildman–Crippen MR) is 87.6 cm³/mol. The fourth-order valence-electron chi connectivity index (χ4n) is 2.46. The SMILES string of the molecule is Fc1c(F)c(F)c(F)c(F)c1F.c1ccc2cc3ccccc3cc2c1. The lowest BCUT2D eigenvalue weighted by atomic mass is 10.0. The number of halogens is 6. The molecule has 0 radical (unpaired) electrons. The lowest BCUT2D eigenvalue weighted by Crippen LogP contribution is -2.04. The third-order valence-corrected chi connectivity index (χ3v) is 3.77. The van der Waals surface area contributed by atoms with Gasteiger partial charge in [-0.3, -0.25) is 0 Å². The van der Waals surface area contributed by atoms with Crippen molar-refractivity contribution in [2.75, 3.05) is 0 Å². The van der Waals surface area contributed by atoms with Gasteiger partial charge in [0, 0.05) is 0 Å². The van der Waals surface area contributed by atoms with E-state index in [1.165, 1.54) is 21.5 Å². The van der Waals surface area contributed by atoms with Crippen molar-refractivity contribution in [2.24, 2.45) is 0 Å². The molecular formula is C20H10F6. The molecule has 0 aliphatic carbocycles. The molecule has 0 saturated carbocycles. The van der Waals surface area contributed by atoms with Crippen LogP contribution in [0.4, 0.5) is 26.3 Å². The second-order valence-electron chi connectivity index (χ2n) is 5.43. The Labute approximate surface area is 144 Å². The van der Waals surface area contributed by atoms with Gasteiger partial charge in [0.15, 0.2) is 0 Å². The first-order chi connectivity index (χ1) is 12.4. The molecule has 132 valence electrons. The van der Waals surface area contributed by atoms with E-state index in [0.29, 0.717) is 0 Å². The third kappa shape index (κ3) is 3.22.